The fraction of sp³-hybridized carbons (Fsp3) is 0.316. The minimum Gasteiger partial charge on any atom is -0.493 e. The molecule has 140 valence electrons. The van der Waals surface area contributed by atoms with Crippen LogP contribution in [0.15, 0.2) is 36.4 Å². The highest BCUT2D eigenvalue weighted by Crippen LogP contribution is 2.28. The van der Waals surface area contributed by atoms with Crippen molar-refractivity contribution in [2.24, 2.45) is 0 Å². The molecular weight excluding hydrogens is 361 g/mol. The molecule has 7 heteroatoms. The van der Waals surface area contributed by atoms with Gasteiger partial charge in [-0.3, -0.25) is 4.79 Å². The molecule has 26 heavy (non-hydrogen) atoms. The van der Waals surface area contributed by atoms with E-state index in [0.717, 1.165) is 11.6 Å². The van der Waals surface area contributed by atoms with Crippen LogP contribution in [0.5, 0.6) is 17.2 Å². The van der Waals surface area contributed by atoms with E-state index >= 15 is 0 Å². The van der Waals surface area contributed by atoms with Gasteiger partial charge < -0.3 is 19.1 Å². The predicted octanol–water partition coefficient (Wildman–Crippen LogP) is 3.92. The van der Waals surface area contributed by atoms with Crippen molar-refractivity contribution in [1.82, 2.24) is 4.90 Å². The first-order valence-electron chi connectivity index (χ1n) is 8.05. The average molecular weight is 382 g/mol. The number of hydrogen-bond donors (Lipinski definition) is 0. The molecule has 5 nitrogen and oxygen atoms in total. The van der Waals surface area contributed by atoms with Crippen molar-refractivity contribution in [3.05, 3.63) is 52.8 Å². The minimum absolute atomic E-state index is 0.126. The highest BCUT2D eigenvalue weighted by Gasteiger charge is 2.15. The zero-order chi connectivity index (χ0) is 19.1. The summed E-state index contributed by atoms with van der Waals surface area (Å²) < 4.78 is 29.0. The molecule has 2 rings (SSSR count). The molecular formula is C19H21ClFNO4. The summed E-state index contributed by atoms with van der Waals surface area (Å²) in [7, 11) is 3.13. The van der Waals surface area contributed by atoms with E-state index in [-0.39, 0.29) is 23.3 Å². The van der Waals surface area contributed by atoms with Gasteiger partial charge in [0.05, 0.1) is 19.2 Å². The van der Waals surface area contributed by atoms with E-state index in [2.05, 4.69) is 0 Å². The SMILES string of the molecule is CCN(Cc1ccc(OC)c(OC)c1)C(=O)COc1ccc(F)cc1Cl. The normalized spacial score (nSPS) is 10.3. The van der Waals surface area contributed by atoms with Gasteiger partial charge in [-0.05, 0) is 42.8 Å². The number of halogens is 2. The zero-order valence-electron chi connectivity index (χ0n) is 14.9. The lowest BCUT2D eigenvalue weighted by Gasteiger charge is -2.22. The number of amides is 1. The van der Waals surface area contributed by atoms with Crippen LogP contribution in [-0.4, -0.2) is 38.2 Å². The van der Waals surface area contributed by atoms with E-state index in [1.807, 2.05) is 19.1 Å². The van der Waals surface area contributed by atoms with Crippen LogP contribution in [0, 0.1) is 5.82 Å². The molecule has 0 aliphatic rings. The maximum absolute atomic E-state index is 13.1. The monoisotopic (exact) mass is 381 g/mol. The van der Waals surface area contributed by atoms with Gasteiger partial charge in [-0.15, -0.1) is 0 Å². The lowest BCUT2D eigenvalue weighted by atomic mass is 10.2. The van der Waals surface area contributed by atoms with E-state index < -0.39 is 5.82 Å². The Bertz CT molecular complexity index is 769. The van der Waals surface area contributed by atoms with Crippen molar-refractivity contribution in [1.29, 1.82) is 0 Å². The van der Waals surface area contributed by atoms with Crippen LogP contribution in [0.3, 0.4) is 0 Å². The standard InChI is InChI=1S/C19H21ClFNO4/c1-4-22(11-13-5-7-17(24-2)18(9-13)25-3)19(23)12-26-16-8-6-14(21)10-15(16)20/h5-10H,4,11-12H2,1-3H3. The predicted molar refractivity (Wildman–Crippen MR) is 97.5 cm³/mol. The van der Waals surface area contributed by atoms with Crippen molar-refractivity contribution in [3.8, 4) is 17.2 Å². The molecule has 0 fully saturated rings. The highest BCUT2D eigenvalue weighted by molar-refractivity contribution is 6.32. The number of carbonyl (C=O) groups is 1. The number of ether oxygens (including phenoxy) is 3. The molecule has 0 radical (unpaired) electrons. The molecule has 0 aromatic heterocycles. The Morgan fingerprint density at radius 1 is 1.08 bits per heavy atom. The number of rotatable bonds is 8. The summed E-state index contributed by atoms with van der Waals surface area (Å²) in [4.78, 5) is 14.1. The van der Waals surface area contributed by atoms with Gasteiger partial charge in [-0.1, -0.05) is 17.7 Å². The number of nitrogens with zero attached hydrogens (tertiary/aromatic N) is 1. The van der Waals surface area contributed by atoms with E-state index in [9.17, 15) is 9.18 Å². The second-order valence-electron chi connectivity index (χ2n) is 5.46. The molecule has 0 heterocycles. The van der Waals surface area contributed by atoms with E-state index in [1.165, 1.54) is 12.1 Å². The van der Waals surface area contributed by atoms with Crippen molar-refractivity contribution >= 4 is 17.5 Å². The van der Waals surface area contributed by atoms with Crippen LogP contribution in [0.1, 0.15) is 12.5 Å². The molecule has 1 amide bonds. The fourth-order valence-electron chi connectivity index (χ4n) is 2.40. The maximum Gasteiger partial charge on any atom is 0.260 e. The van der Waals surface area contributed by atoms with Crippen LogP contribution < -0.4 is 14.2 Å². The van der Waals surface area contributed by atoms with Crippen LogP contribution in [0.25, 0.3) is 0 Å². The largest absolute Gasteiger partial charge is 0.493 e. The van der Waals surface area contributed by atoms with Gasteiger partial charge in [-0.2, -0.15) is 0 Å². The Kier molecular flexibility index (Phi) is 7.09. The molecule has 0 atom stereocenters. The lowest BCUT2D eigenvalue weighted by Crippen LogP contribution is -2.34. The number of methoxy groups -OCH3 is 2. The van der Waals surface area contributed by atoms with Gasteiger partial charge in [0.1, 0.15) is 11.6 Å². The van der Waals surface area contributed by atoms with Crippen molar-refractivity contribution in [3.63, 3.8) is 0 Å². The summed E-state index contributed by atoms with van der Waals surface area (Å²) in [5.74, 6) is 0.825. The highest BCUT2D eigenvalue weighted by atomic mass is 35.5. The van der Waals surface area contributed by atoms with Gasteiger partial charge in [-0.25, -0.2) is 4.39 Å². The molecule has 0 unspecified atom stereocenters. The third-order valence-electron chi connectivity index (χ3n) is 3.80. The van der Waals surface area contributed by atoms with Crippen LogP contribution in [0.2, 0.25) is 5.02 Å². The molecule has 0 aliphatic carbocycles. The first-order valence-corrected chi connectivity index (χ1v) is 8.42. The first kappa shape index (κ1) is 19.8. The molecule has 0 saturated carbocycles. The summed E-state index contributed by atoms with van der Waals surface area (Å²) in [6.07, 6.45) is 0. The Hall–Kier alpha value is -2.47. The second-order valence-corrected chi connectivity index (χ2v) is 5.87. The Morgan fingerprint density at radius 3 is 2.38 bits per heavy atom. The lowest BCUT2D eigenvalue weighted by molar-refractivity contribution is -0.133. The van der Waals surface area contributed by atoms with Gasteiger partial charge in [0.25, 0.3) is 5.91 Å². The van der Waals surface area contributed by atoms with Crippen LogP contribution >= 0.6 is 11.6 Å². The number of carbonyl (C=O) groups excluding carboxylic acids is 1. The molecule has 2 aromatic carbocycles. The van der Waals surface area contributed by atoms with E-state index in [4.69, 9.17) is 25.8 Å². The van der Waals surface area contributed by atoms with Gasteiger partial charge in [0, 0.05) is 13.1 Å². The summed E-state index contributed by atoms with van der Waals surface area (Å²) in [6.45, 7) is 2.60. The van der Waals surface area contributed by atoms with Gasteiger partial charge >= 0.3 is 0 Å². The topological polar surface area (TPSA) is 48.0 Å². The smallest absolute Gasteiger partial charge is 0.260 e. The van der Waals surface area contributed by atoms with E-state index in [1.54, 1.807) is 25.2 Å². The van der Waals surface area contributed by atoms with E-state index in [0.29, 0.717) is 24.6 Å². The summed E-state index contributed by atoms with van der Waals surface area (Å²) >= 11 is 5.90. The van der Waals surface area contributed by atoms with Crippen molar-refractivity contribution in [2.45, 2.75) is 13.5 Å². The molecule has 2 aromatic rings. The summed E-state index contributed by atoms with van der Waals surface area (Å²) in [5.41, 5.74) is 0.901. The molecule has 0 aliphatic heterocycles. The number of benzene rings is 2. The van der Waals surface area contributed by atoms with Gasteiger partial charge in [0.15, 0.2) is 18.1 Å². The Morgan fingerprint density at radius 2 is 1.77 bits per heavy atom. The van der Waals surface area contributed by atoms with Gasteiger partial charge in [0.2, 0.25) is 0 Å². The summed E-state index contributed by atoms with van der Waals surface area (Å²) in [5, 5.41) is 0.126. The van der Waals surface area contributed by atoms with Crippen molar-refractivity contribution < 1.29 is 23.4 Å². The van der Waals surface area contributed by atoms with Crippen LogP contribution in [-0.2, 0) is 11.3 Å². The second kappa shape index (κ2) is 9.29. The van der Waals surface area contributed by atoms with Crippen LogP contribution in [0.4, 0.5) is 4.39 Å². The molecule has 0 saturated heterocycles. The Balaban J connectivity index is 2.02. The third kappa shape index (κ3) is 5.02. The average Bonchev–Trinajstić information content (AvgIpc) is 2.64. The fourth-order valence-corrected chi connectivity index (χ4v) is 2.62. The first-order chi connectivity index (χ1) is 12.5. The number of hydrogen-bond acceptors (Lipinski definition) is 4. The molecule has 0 bridgehead atoms. The van der Waals surface area contributed by atoms with Crippen molar-refractivity contribution in [2.75, 3.05) is 27.4 Å². The third-order valence-corrected chi connectivity index (χ3v) is 4.10. The minimum atomic E-state index is -0.461. The number of likely N-dealkylation sites (N-methyl/N-ethyl adjacent to an activating group) is 1. The maximum atomic E-state index is 13.1. The summed E-state index contributed by atoms with van der Waals surface area (Å²) in [6, 6.07) is 9.26. The Labute approximate surface area is 157 Å². The molecule has 0 spiro atoms. The zero-order valence-corrected chi connectivity index (χ0v) is 15.7. The quantitative estimate of drug-likeness (QED) is 0.695. The molecule has 0 N–H and O–H groups in total.